The maximum atomic E-state index is 14.2. The molecule has 4 aliphatic rings. The number of thioether (sulfide) groups is 1. The normalized spacial score (nSPS) is 17.2. The van der Waals surface area contributed by atoms with Crippen LogP contribution in [0.4, 0.5) is 28.4 Å². The first kappa shape index (κ1) is 41.9. The Hall–Kier alpha value is -5.82. The van der Waals surface area contributed by atoms with E-state index in [1.807, 2.05) is 65.5 Å². The first-order valence-electron chi connectivity index (χ1n) is 21.1. The third-order valence-corrected chi connectivity index (χ3v) is 12.8. The molecule has 13 heteroatoms. The van der Waals surface area contributed by atoms with Gasteiger partial charge in [0.15, 0.2) is 23.0 Å². The Bertz CT molecular complexity index is 2410. The summed E-state index contributed by atoms with van der Waals surface area (Å²) in [6, 6.07) is 20.3. The number of hydrogen-bond donors (Lipinski definition) is 1. The van der Waals surface area contributed by atoms with Crippen molar-refractivity contribution in [2.45, 2.75) is 94.7 Å². The van der Waals surface area contributed by atoms with Gasteiger partial charge in [-0.25, -0.2) is 0 Å². The molecule has 4 heterocycles. The van der Waals surface area contributed by atoms with Gasteiger partial charge in [-0.2, -0.15) is 11.8 Å². The molecule has 0 unspecified atom stereocenters. The van der Waals surface area contributed by atoms with Gasteiger partial charge in [-0.15, -0.1) is 0 Å². The summed E-state index contributed by atoms with van der Waals surface area (Å²) in [4.78, 5) is 53.9. The molecule has 0 aromatic heterocycles. The summed E-state index contributed by atoms with van der Waals surface area (Å²) < 4.78 is 23.7. The lowest BCUT2D eigenvalue weighted by molar-refractivity contribution is -0.116. The fraction of sp³-hybridized carbons (Fsp3) is 0.396. The van der Waals surface area contributed by atoms with Gasteiger partial charge in [0.05, 0.1) is 67.7 Å². The molecule has 8 rings (SSSR count). The number of carbonyl (C=O) groups is 3. The molecule has 0 aliphatic carbocycles. The van der Waals surface area contributed by atoms with E-state index in [1.54, 1.807) is 43.4 Å². The molecule has 4 aromatic carbocycles. The minimum Gasteiger partial charge on any atom is -0.493 e. The van der Waals surface area contributed by atoms with E-state index in [9.17, 15) is 14.4 Å². The topological polar surface area (TPSA) is 131 Å². The number of ether oxygens (including phenoxy) is 4. The van der Waals surface area contributed by atoms with E-state index in [0.717, 1.165) is 54.6 Å². The first-order chi connectivity index (χ1) is 29.4. The van der Waals surface area contributed by atoms with E-state index in [-0.39, 0.29) is 34.6 Å². The lowest BCUT2D eigenvalue weighted by Crippen LogP contribution is -2.37. The van der Waals surface area contributed by atoms with Gasteiger partial charge in [0.25, 0.3) is 11.8 Å². The lowest BCUT2D eigenvalue weighted by Gasteiger charge is -2.26. The van der Waals surface area contributed by atoms with Gasteiger partial charge in [0, 0.05) is 59.9 Å². The number of nitrogens with zero attached hydrogens (tertiary/aromatic N) is 4. The Kier molecular flexibility index (Phi) is 12.1. The first-order valence-corrected chi connectivity index (χ1v) is 21.9. The lowest BCUT2D eigenvalue weighted by atomic mass is 10.1. The van der Waals surface area contributed by atoms with Gasteiger partial charge < -0.3 is 24.3 Å². The molecule has 2 atom stereocenters. The molecule has 4 aromatic rings. The second-order valence-corrected chi connectivity index (χ2v) is 19.0. The smallest absolute Gasteiger partial charge is 0.261 e. The highest BCUT2D eigenvalue weighted by Crippen LogP contribution is 2.43. The Morgan fingerprint density at radius 1 is 0.754 bits per heavy atom. The number of carbonyl (C=O) groups excluding carboxylic acids is 3. The summed E-state index contributed by atoms with van der Waals surface area (Å²) >= 11 is 1.87. The number of aliphatic imine (C=N–C) groups is 2. The van der Waals surface area contributed by atoms with Crippen LogP contribution in [0.3, 0.4) is 0 Å². The van der Waals surface area contributed by atoms with Crippen LogP contribution in [0.1, 0.15) is 91.6 Å². The van der Waals surface area contributed by atoms with Crippen molar-refractivity contribution in [3.8, 4) is 23.0 Å². The van der Waals surface area contributed by atoms with Gasteiger partial charge in [-0.3, -0.25) is 34.2 Å². The molecule has 3 amide bonds. The van der Waals surface area contributed by atoms with Crippen LogP contribution >= 0.6 is 11.8 Å². The summed E-state index contributed by atoms with van der Waals surface area (Å²) in [5.41, 5.74) is 6.48. The Morgan fingerprint density at radius 3 is 1.89 bits per heavy atom. The summed E-state index contributed by atoms with van der Waals surface area (Å²) in [6.45, 7) is 9.56. The van der Waals surface area contributed by atoms with Gasteiger partial charge in [-0.05, 0) is 72.4 Å². The SMILES string of the molecule is COc1cc2c(cc1OCCCCCOc1cc3c(cc1OC)C(=O)N1c4cc(NC(=O)CCC(C)(C)SC(C)C)ccc4C[C@H]1C=N3)N=C[C@@H]1Cc3ccccc3N1C2=O. The van der Waals surface area contributed by atoms with Gasteiger partial charge in [0.1, 0.15) is 0 Å². The molecule has 0 bridgehead atoms. The van der Waals surface area contributed by atoms with Crippen molar-refractivity contribution in [2.24, 2.45) is 9.98 Å². The van der Waals surface area contributed by atoms with Crippen molar-refractivity contribution < 1.29 is 33.3 Å². The van der Waals surface area contributed by atoms with Gasteiger partial charge in [-0.1, -0.05) is 52.0 Å². The molecule has 318 valence electrons. The molecule has 0 saturated carbocycles. The van der Waals surface area contributed by atoms with E-state index in [0.29, 0.717) is 82.5 Å². The Labute approximate surface area is 361 Å². The van der Waals surface area contributed by atoms with Crippen molar-refractivity contribution in [3.63, 3.8) is 0 Å². The quantitative estimate of drug-likeness (QED) is 0.110. The number of methoxy groups -OCH3 is 2. The third kappa shape index (κ3) is 8.84. The Morgan fingerprint density at radius 2 is 1.31 bits per heavy atom. The summed E-state index contributed by atoms with van der Waals surface area (Å²) in [5, 5.41) is 3.54. The number of unbranched alkanes of at least 4 members (excludes halogenated alkanes) is 2. The minimum atomic E-state index is -0.260. The van der Waals surface area contributed by atoms with E-state index >= 15 is 0 Å². The minimum absolute atomic E-state index is 0.00188. The van der Waals surface area contributed by atoms with Crippen LogP contribution in [-0.4, -0.2) is 79.7 Å². The molecule has 1 N–H and O–H groups in total. The van der Waals surface area contributed by atoms with E-state index in [4.69, 9.17) is 28.9 Å². The number of anilines is 3. The van der Waals surface area contributed by atoms with Crippen LogP contribution in [0, 0.1) is 0 Å². The summed E-state index contributed by atoms with van der Waals surface area (Å²) in [5.74, 6) is 1.65. The zero-order valence-electron chi connectivity index (χ0n) is 35.7. The van der Waals surface area contributed by atoms with Crippen molar-refractivity contribution >= 4 is 70.3 Å². The van der Waals surface area contributed by atoms with Crippen LogP contribution in [0.15, 0.2) is 76.7 Å². The maximum Gasteiger partial charge on any atom is 0.261 e. The number of nitrogens with one attached hydrogen (secondary N) is 1. The number of amides is 3. The highest BCUT2D eigenvalue weighted by Gasteiger charge is 2.38. The molecular weight excluding hydrogens is 791 g/mol. The molecule has 0 radical (unpaired) electrons. The molecule has 61 heavy (non-hydrogen) atoms. The van der Waals surface area contributed by atoms with Crippen molar-refractivity contribution in [3.05, 3.63) is 89.0 Å². The van der Waals surface area contributed by atoms with E-state index in [1.165, 1.54) is 0 Å². The van der Waals surface area contributed by atoms with Crippen LogP contribution in [0.2, 0.25) is 0 Å². The van der Waals surface area contributed by atoms with Gasteiger partial charge in [0.2, 0.25) is 5.91 Å². The Balaban J connectivity index is 0.851. The molecule has 4 aliphatic heterocycles. The van der Waals surface area contributed by atoms with Gasteiger partial charge >= 0.3 is 0 Å². The largest absolute Gasteiger partial charge is 0.493 e. The second kappa shape index (κ2) is 17.6. The monoisotopic (exact) mass is 843 g/mol. The predicted octanol–water partition coefficient (Wildman–Crippen LogP) is 9.55. The molecule has 0 saturated heterocycles. The highest BCUT2D eigenvalue weighted by molar-refractivity contribution is 8.01. The highest BCUT2D eigenvalue weighted by atomic mass is 32.2. The molecule has 0 spiro atoms. The second-order valence-electron chi connectivity index (χ2n) is 16.7. The number of rotatable bonds is 16. The zero-order valence-corrected chi connectivity index (χ0v) is 36.5. The summed E-state index contributed by atoms with van der Waals surface area (Å²) in [6.07, 6.45) is 8.54. The molecule has 12 nitrogen and oxygen atoms in total. The number of benzene rings is 4. The maximum absolute atomic E-state index is 14.2. The fourth-order valence-corrected chi connectivity index (χ4v) is 10.1. The van der Waals surface area contributed by atoms with E-state index in [2.05, 4.69) is 39.1 Å². The van der Waals surface area contributed by atoms with Crippen LogP contribution in [-0.2, 0) is 17.6 Å². The average Bonchev–Trinajstić information content (AvgIpc) is 3.72. The van der Waals surface area contributed by atoms with Crippen molar-refractivity contribution in [1.29, 1.82) is 0 Å². The zero-order chi connectivity index (χ0) is 42.8. The number of hydrogen-bond acceptors (Lipinski definition) is 10. The van der Waals surface area contributed by atoms with Crippen LogP contribution in [0.5, 0.6) is 23.0 Å². The van der Waals surface area contributed by atoms with Crippen LogP contribution in [0.25, 0.3) is 0 Å². The predicted molar refractivity (Wildman–Crippen MR) is 243 cm³/mol. The molecular formula is C48H53N5O7S. The number of para-hydroxylation sites is 1. The third-order valence-electron chi connectivity index (χ3n) is 11.4. The number of fused-ring (bicyclic) bond motifs is 8. The molecule has 0 fully saturated rings. The average molecular weight is 844 g/mol. The summed E-state index contributed by atoms with van der Waals surface area (Å²) in [7, 11) is 3.13. The standard InChI is InChI=1S/C48H53N5O7S/c1-29(2)61-48(3,4)17-16-45(54)51-32-15-14-31-21-34-28-50-38-26-44(42(58-6)24-36(38)47(56)53(34)40(31)22-32)60-19-11-7-10-18-59-43-25-37-35(23-41(43)57-5)46(55)52-33(27-49-37)20-30-12-8-9-13-39(30)52/h8-9,12-15,22-29,33-34H,7,10-11,16-21H2,1-6H3,(H,51,54)/t33-,34-/m0/s1. The van der Waals surface area contributed by atoms with E-state index < -0.39 is 0 Å². The fourth-order valence-electron chi connectivity index (χ4n) is 8.58. The van der Waals surface area contributed by atoms with Crippen LogP contribution < -0.4 is 34.1 Å². The van der Waals surface area contributed by atoms with Crippen molar-refractivity contribution in [2.75, 3.05) is 42.5 Å². The van der Waals surface area contributed by atoms with Crippen molar-refractivity contribution in [1.82, 2.24) is 0 Å².